The van der Waals surface area contributed by atoms with Crippen LogP contribution in [0, 0.1) is 3.57 Å². The van der Waals surface area contributed by atoms with E-state index < -0.39 is 0 Å². The molecule has 1 aromatic rings. The maximum atomic E-state index is 5.93. The minimum Gasteiger partial charge on any atom is -0.302 e. The van der Waals surface area contributed by atoms with Crippen molar-refractivity contribution in [2.24, 2.45) is 5.84 Å². The topological polar surface area (TPSA) is 41.3 Å². The number of nitrogens with zero attached hydrogens (tertiary/aromatic N) is 1. The summed E-state index contributed by atoms with van der Waals surface area (Å²) in [6.45, 7) is 0. The van der Waals surface area contributed by atoms with Crippen LogP contribution in [-0.2, 0) is 6.42 Å². The Hall–Kier alpha value is -0.170. The number of likely N-dealkylation sites (N-methyl/N-ethyl adjacent to an activating group) is 1. The molecule has 1 fully saturated rings. The highest BCUT2D eigenvalue weighted by molar-refractivity contribution is 14.1. The van der Waals surface area contributed by atoms with E-state index in [0.717, 1.165) is 6.42 Å². The highest BCUT2D eigenvalue weighted by atomic mass is 127. The Bertz CT molecular complexity index is 410. The second kappa shape index (κ2) is 7.20. The summed E-state index contributed by atoms with van der Waals surface area (Å²) < 4.78 is 1.28. The van der Waals surface area contributed by atoms with Crippen molar-refractivity contribution in [3.05, 3.63) is 33.4 Å². The summed E-state index contributed by atoms with van der Waals surface area (Å²) in [5, 5.41) is 0. The molecule has 112 valence electrons. The van der Waals surface area contributed by atoms with Crippen molar-refractivity contribution in [1.82, 2.24) is 10.3 Å². The molecule has 1 saturated carbocycles. The quantitative estimate of drug-likeness (QED) is 0.464. The van der Waals surface area contributed by atoms with Gasteiger partial charge in [0.2, 0.25) is 0 Å². The zero-order valence-electron chi connectivity index (χ0n) is 12.5. The summed E-state index contributed by atoms with van der Waals surface area (Å²) >= 11 is 2.35. The maximum Gasteiger partial charge on any atom is 0.0434 e. The summed E-state index contributed by atoms with van der Waals surface area (Å²) in [6.07, 6.45) is 7.44. The van der Waals surface area contributed by atoms with E-state index in [-0.39, 0.29) is 5.54 Å². The van der Waals surface area contributed by atoms with Crippen LogP contribution in [0.1, 0.15) is 37.7 Å². The van der Waals surface area contributed by atoms with Gasteiger partial charge in [0.05, 0.1) is 0 Å². The summed E-state index contributed by atoms with van der Waals surface area (Å²) in [5.41, 5.74) is 4.67. The highest BCUT2D eigenvalue weighted by Gasteiger charge is 2.41. The van der Waals surface area contributed by atoms with Crippen LogP contribution in [-0.4, -0.2) is 30.6 Å². The molecule has 0 aromatic heterocycles. The predicted molar refractivity (Wildman–Crippen MR) is 93.5 cm³/mol. The van der Waals surface area contributed by atoms with Crippen LogP contribution in [0.25, 0.3) is 0 Å². The van der Waals surface area contributed by atoms with E-state index in [1.807, 2.05) is 0 Å². The third kappa shape index (κ3) is 3.53. The second-order valence-electron chi connectivity index (χ2n) is 6.11. The van der Waals surface area contributed by atoms with Gasteiger partial charge in [-0.05, 0) is 73.6 Å². The molecule has 0 heterocycles. The molecular formula is C16H26IN3. The van der Waals surface area contributed by atoms with E-state index in [1.54, 1.807) is 0 Å². The Morgan fingerprint density at radius 2 is 1.80 bits per heavy atom. The fourth-order valence-electron chi connectivity index (χ4n) is 3.53. The molecule has 1 aliphatic carbocycles. The molecule has 0 spiro atoms. The minimum atomic E-state index is 0.190. The number of nitrogens with one attached hydrogen (secondary N) is 1. The van der Waals surface area contributed by atoms with Crippen molar-refractivity contribution in [2.45, 2.75) is 50.1 Å². The lowest BCUT2D eigenvalue weighted by Gasteiger charge is -2.48. The Labute approximate surface area is 136 Å². The fourth-order valence-corrected chi connectivity index (χ4v) is 3.89. The molecule has 0 radical (unpaired) electrons. The van der Waals surface area contributed by atoms with Crippen LogP contribution < -0.4 is 11.3 Å². The lowest BCUT2D eigenvalue weighted by atomic mass is 9.73. The van der Waals surface area contributed by atoms with Gasteiger partial charge in [-0.15, -0.1) is 0 Å². The molecule has 4 heteroatoms. The Balaban J connectivity index is 2.18. The number of rotatable bonds is 5. The maximum absolute atomic E-state index is 5.93. The third-order valence-electron chi connectivity index (χ3n) is 4.81. The summed E-state index contributed by atoms with van der Waals surface area (Å²) in [4.78, 5) is 2.39. The standard InChI is InChI=1S/C16H26IN3/c1-20(2)16(10-4-3-5-11-16)15(19-18)12-13-6-8-14(17)9-7-13/h6-9,15,19H,3-5,10-12,18H2,1-2H3. The Kier molecular flexibility index (Phi) is 5.84. The van der Waals surface area contributed by atoms with Crippen molar-refractivity contribution in [1.29, 1.82) is 0 Å². The number of nitrogens with two attached hydrogens (primary N) is 1. The van der Waals surface area contributed by atoms with Gasteiger partial charge in [0.25, 0.3) is 0 Å². The largest absolute Gasteiger partial charge is 0.302 e. The smallest absolute Gasteiger partial charge is 0.0434 e. The summed E-state index contributed by atoms with van der Waals surface area (Å²) in [5.74, 6) is 5.93. The lowest BCUT2D eigenvalue weighted by Crippen LogP contribution is -2.62. The first-order valence-corrected chi connectivity index (χ1v) is 8.54. The molecule has 0 aliphatic heterocycles. The van der Waals surface area contributed by atoms with E-state index in [9.17, 15) is 0 Å². The summed E-state index contributed by atoms with van der Waals surface area (Å²) in [6, 6.07) is 9.09. The van der Waals surface area contributed by atoms with Crippen LogP contribution >= 0.6 is 22.6 Å². The third-order valence-corrected chi connectivity index (χ3v) is 5.53. The van der Waals surface area contributed by atoms with Crippen LogP contribution in [0.15, 0.2) is 24.3 Å². The van der Waals surface area contributed by atoms with Gasteiger partial charge >= 0.3 is 0 Å². The highest BCUT2D eigenvalue weighted by Crippen LogP contribution is 2.36. The molecule has 1 aromatic carbocycles. The average molecular weight is 387 g/mol. The zero-order chi connectivity index (χ0) is 14.6. The van der Waals surface area contributed by atoms with Crippen LogP contribution in [0.3, 0.4) is 0 Å². The summed E-state index contributed by atoms with van der Waals surface area (Å²) in [7, 11) is 4.40. The average Bonchev–Trinajstić information content (AvgIpc) is 2.47. The van der Waals surface area contributed by atoms with Gasteiger partial charge in [-0.3, -0.25) is 11.3 Å². The van der Waals surface area contributed by atoms with Gasteiger partial charge in [-0.25, -0.2) is 0 Å². The van der Waals surface area contributed by atoms with Gasteiger partial charge in [-0.1, -0.05) is 31.4 Å². The SMILES string of the molecule is CN(C)C1(C(Cc2ccc(I)cc2)NN)CCCCC1. The number of hydrazine groups is 1. The molecule has 0 bridgehead atoms. The fraction of sp³-hybridized carbons (Fsp3) is 0.625. The van der Waals surface area contributed by atoms with Crippen molar-refractivity contribution >= 4 is 22.6 Å². The number of hydrogen-bond acceptors (Lipinski definition) is 3. The molecule has 1 atom stereocenters. The van der Waals surface area contributed by atoms with Crippen molar-refractivity contribution in [3.63, 3.8) is 0 Å². The predicted octanol–water partition coefficient (Wildman–Crippen LogP) is 2.93. The van der Waals surface area contributed by atoms with Gasteiger partial charge in [0.1, 0.15) is 0 Å². The molecule has 2 rings (SSSR count). The molecule has 3 nitrogen and oxygen atoms in total. The minimum absolute atomic E-state index is 0.190. The van der Waals surface area contributed by atoms with E-state index in [0.29, 0.717) is 6.04 Å². The van der Waals surface area contributed by atoms with Crippen LogP contribution in [0.2, 0.25) is 0 Å². The molecule has 1 aliphatic rings. The zero-order valence-corrected chi connectivity index (χ0v) is 14.7. The molecule has 0 amide bonds. The van der Waals surface area contributed by atoms with Gasteiger partial charge < -0.3 is 4.90 Å². The van der Waals surface area contributed by atoms with Gasteiger partial charge in [0, 0.05) is 15.2 Å². The molecule has 1 unspecified atom stereocenters. The first-order chi connectivity index (χ1) is 9.58. The molecule has 3 N–H and O–H groups in total. The van der Waals surface area contributed by atoms with Gasteiger partial charge in [-0.2, -0.15) is 0 Å². The monoisotopic (exact) mass is 387 g/mol. The van der Waals surface area contributed by atoms with Crippen LogP contribution in [0.5, 0.6) is 0 Å². The van der Waals surface area contributed by atoms with Crippen LogP contribution in [0.4, 0.5) is 0 Å². The Morgan fingerprint density at radius 3 is 2.30 bits per heavy atom. The van der Waals surface area contributed by atoms with E-state index in [4.69, 9.17) is 5.84 Å². The first-order valence-electron chi connectivity index (χ1n) is 7.46. The number of hydrogen-bond donors (Lipinski definition) is 2. The van der Waals surface area contributed by atoms with E-state index >= 15 is 0 Å². The first kappa shape index (κ1) is 16.2. The van der Waals surface area contributed by atoms with Crippen molar-refractivity contribution in [3.8, 4) is 0 Å². The van der Waals surface area contributed by atoms with E-state index in [1.165, 1.54) is 41.2 Å². The number of halogens is 1. The van der Waals surface area contributed by atoms with E-state index in [2.05, 4.69) is 71.3 Å². The second-order valence-corrected chi connectivity index (χ2v) is 7.35. The molecule has 0 saturated heterocycles. The molecule has 20 heavy (non-hydrogen) atoms. The van der Waals surface area contributed by atoms with Crippen molar-refractivity contribution in [2.75, 3.05) is 14.1 Å². The lowest BCUT2D eigenvalue weighted by molar-refractivity contribution is 0.0569. The van der Waals surface area contributed by atoms with Crippen molar-refractivity contribution < 1.29 is 0 Å². The number of benzene rings is 1. The van der Waals surface area contributed by atoms with Gasteiger partial charge in [0.15, 0.2) is 0 Å². The molecular weight excluding hydrogens is 361 g/mol. The Morgan fingerprint density at radius 1 is 1.20 bits per heavy atom. The normalized spacial score (nSPS) is 20.1.